The molecule has 121 valence electrons. The van der Waals surface area contributed by atoms with Gasteiger partial charge in [0.15, 0.2) is 0 Å². The first-order chi connectivity index (χ1) is 5.20. The van der Waals surface area contributed by atoms with Crippen LogP contribution in [-0.2, 0) is 21.9 Å². The van der Waals surface area contributed by atoms with E-state index in [0.29, 0.717) is 0 Å². The molecule has 18 nitrogen and oxygen atoms in total. The van der Waals surface area contributed by atoms with Gasteiger partial charge in [0, 0.05) is 0 Å². The zero-order valence-corrected chi connectivity index (χ0v) is 12.0. The van der Waals surface area contributed by atoms with Crippen LogP contribution in [0.2, 0.25) is 0 Å². The molecule has 0 heterocycles. The molecule has 0 fully saturated rings. The maximum atomic E-state index is 8.25. The third kappa shape index (κ3) is 2180. The van der Waals surface area contributed by atoms with Gasteiger partial charge in [-0.1, -0.05) is 0 Å². The van der Waals surface area contributed by atoms with Crippen LogP contribution in [0, 0.1) is 86.8 Å². The Kier molecular flexibility index (Phi) is 304. The van der Waals surface area contributed by atoms with Gasteiger partial charge in [0.2, 0.25) is 0 Å². The molecule has 0 spiro atoms. The Morgan fingerprint density at radius 2 is 0.474 bits per heavy atom. The van der Waals surface area contributed by atoms with E-state index in [-0.39, 0.29) is 73.7 Å². The SMILES string of the molecule is O.O.O=[N+]([O-])[O-].O=[N+]([O-])[O-].O=[N+]([O-])[O-].[Nd+3].[OH3+].[OH3+].[OH3+].[OH3+]. The van der Waals surface area contributed by atoms with E-state index in [4.69, 9.17) is 46.0 Å². The maximum absolute atomic E-state index is 8.25. The Morgan fingerprint density at radius 3 is 0.474 bits per heavy atom. The van der Waals surface area contributed by atoms with Crippen molar-refractivity contribution in [1.82, 2.24) is 0 Å². The molecule has 0 saturated carbocycles. The van der Waals surface area contributed by atoms with Crippen molar-refractivity contribution in [2.45, 2.75) is 0 Å². The molecule has 0 bridgehead atoms. The normalized spacial score (nSPS) is 3.79. The summed E-state index contributed by atoms with van der Waals surface area (Å²) in [6.45, 7) is 0. The monoisotopic (exact) mass is 440 g/mol. The second kappa shape index (κ2) is 69.4. The van der Waals surface area contributed by atoms with Crippen LogP contribution in [-0.4, -0.2) is 26.2 Å². The third-order valence-corrected chi connectivity index (χ3v) is 0. The van der Waals surface area contributed by atoms with Gasteiger partial charge in [0.25, 0.3) is 0 Å². The van der Waals surface area contributed by atoms with Crippen molar-refractivity contribution in [3.05, 3.63) is 46.0 Å². The number of hydrogen-bond donors (Lipinski definition) is 0. The minimum absolute atomic E-state index is 0. The second-order valence-corrected chi connectivity index (χ2v) is 0.671. The van der Waals surface area contributed by atoms with Crippen molar-refractivity contribution < 1.29 is 89.0 Å². The minimum atomic E-state index is -1.75. The van der Waals surface area contributed by atoms with Gasteiger partial charge < -0.3 is 78.8 Å². The predicted molar refractivity (Wildman–Crippen MR) is 57.8 cm³/mol. The van der Waals surface area contributed by atoms with Gasteiger partial charge in [-0.25, -0.2) is 0 Å². The summed E-state index contributed by atoms with van der Waals surface area (Å²) in [4.78, 5) is 24.8. The van der Waals surface area contributed by atoms with Gasteiger partial charge in [0.05, 0.1) is 15.3 Å². The van der Waals surface area contributed by atoms with Crippen LogP contribution in [0.15, 0.2) is 0 Å². The number of rotatable bonds is 0. The van der Waals surface area contributed by atoms with Crippen LogP contribution in [0.3, 0.4) is 0 Å². The van der Waals surface area contributed by atoms with Crippen LogP contribution in [0.1, 0.15) is 0 Å². The fraction of sp³-hybridized carbons (Fsp3) is 0. The summed E-state index contributed by atoms with van der Waals surface area (Å²) in [5.74, 6) is 0. The zero-order chi connectivity index (χ0) is 10.7. The molecular formula is H16N3NdO15+4. The van der Waals surface area contributed by atoms with Crippen LogP contribution < -0.4 is 0 Å². The molecule has 0 aromatic heterocycles. The van der Waals surface area contributed by atoms with Gasteiger partial charge >= 0.3 is 40.8 Å². The molecule has 0 amide bonds. The Balaban J connectivity index is -0.00000000675. The molecule has 16 N–H and O–H groups in total. The first-order valence-electron chi connectivity index (χ1n) is 1.64. The van der Waals surface area contributed by atoms with Gasteiger partial charge in [-0.05, 0) is 0 Å². The standard InChI is InChI=1S/3NO3.Nd.6H2O/c3*2-1(3)4;;;;;;;/h;;;;6*1H2/q3*-1;+3;;;;;;/p+4. The first kappa shape index (κ1) is 83.2. The summed E-state index contributed by atoms with van der Waals surface area (Å²) in [6.07, 6.45) is 0. The van der Waals surface area contributed by atoms with Gasteiger partial charge in [-0.2, -0.15) is 0 Å². The smallest absolute Gasteiger partial charge is 0.457 e. The molecule has 0 aliphatic rings. The number of nitrogens with zero attached hydrogens (tertiary/aromatic N) is 3. The average Bonchev–Trinajstić information content (AvgIpc) is 1.54. The fourth-order valence-electron chi connectivity index (χ4n) is 0. The van der Waals surface area contributed by atoms with E-state index in [1.807, 2.05) is 0 Å². The molecule has 0 unspecified atom stereocenters. The van der Waals surface area contributed by atoms with E-state index in [1.165, 1.54) is 0 Å². The zero-order valence-electron chi connectivity index (χ0n) is 8.83. The minimum Gasteiger partial charge on any atom is -0.457 e. The van der Waals surface area contributed by atoms with Gasteiger partial charge in [-0.3, -0.25) is 0 Å². The van der Waals surface area contributed by atoms with Crippen molar-refractivity contribution >= 4 is 0 Å². The van der Waals surface area contributed by atoms with Crippen molar-refractivity contribution in [2.75, 3.05) is 0 Å². The van der Waals surface area contributed by atoms with Crippen LogP contribution in [0.25, 0.3) is 0 Å². The third-order valence-electron chi connectivity index (χ3n) is 0. The molecular weight excluding hydrogens is 426 g/mol. The summed E-state index contributed by atoms with van der Waals surface area (Å²) >= 11 is 0. The Morgan fingerprint density at radius 1 is 0.474 bits per heavy atom. The Bertz CT molecular complexity index is 115. The molecule has 1 radical (unpaired) electrons. The topological polar surface area (TPSA) is 394 Å². The predicted octanol–water partition coefficient (Wildman–Crippen LogP) is -6.05. The quantitative estimate of drug-likeness (QED) is 0.195. The molecule has 19 heavy (non-hydrogen) atoms. The summed E-state index contributed by atoms with van der Waals surface area (Å²) in [5, 5.41) is 44.2. The van der Waals surface area contributed by atoms with E-state index >= 15 is 0 Å². The van der Waals surface area contributed by atoms with Crippen molar-refractivity contribution in [3.8, 4) is 0 Å². The summed E-state index contributed by atoms with van der Waals surface area (Å²) in [7, 11) is 0. The molecule has 0 aromatic rings. The molecule has 0 aliphatic heterocycles. The largest absolute Gasteiger partial charge is 3.00 e. The van der Waals surface area contributed by atoms with E-state index in [9.17, 15) is 0 Å². The Hall–Kier alpha value is -1.29. The van der Waals surface area contributed by atoms with E-state index in [0.717, 1.165) is 0 Å². The molecule has 0 rings (SSSR count). The number of hydrogen-bond acceptors (Lipinski definition) is 9. The first-order valence-corrected chi connectivity index (χ1v) is 1.64. The molecule has 0 atom stereocenters. The molecule has 0 saturated heterocycles. The molecule has 0 aliphatic carbocycles. The van der Waals surface area contributed by atoms with Gasteiger partial charge in [-0.15, -0.1) is 0 Å². The van der Waals surface area contributed by atoms with Gasteiger partial charge in [0.1, 0.15) is 0 Å². The van der Waals surface area contributed by atoms with Crippen LogP contribution in [0.4, 0.5) is 0 Å². The van der Waals surface area contributed by atoms with Crippen molar-refractivity contribution in [1.29, 1.82) is 0 Å². The Labute approximate surface area is 135 Å². The van der Waals surface area contributed by atoms with Crippen molar-refractivity contribution in [3.63, 3.8) is 0 Å². The van der Waals surface area contributed by atoms with E-state index in [1.54, 1.807) is 0 Å². The van der Waals surface area contributed by atoms with Crippen molar-refractivity contribution in [2.24, 2.45) is 0 Å². The van der Waals surface area contributed by atoms with E-state index in [2.05, 4.69) is 0 Å². The van der Waals surface area contributed by atoms with Crippen LogP contribution >= 0.6 is 0 Å². The molecule has 0 aromatic carbocycles. The van der Waals surface area contributed by atoms with Crippen LogP contribution in [0.5, 0.6) is 0 Å². The molecule has 19 heteroatoms. The summed E-state index contributed by atoms with van der Waals surface area (Å²) in [6, 6.07) is 0. The average molecular weight is 442 g/mol. The van der Waals surface area contributed by atoms with E-state index < -0.39 is 15.3 Å². The summed E-state index contributed by atoms with van der Waals surface area (Å²) in [5.41, 5.74) is 0. The second-order valence-electron chi connectivity index (χ2n) is 0.671. The maximum Gasteiger partial charge on any atom is 3.00 e. The fourth-order valence-corrected chi connectivity index (χ4v) is 0. The summed E-state index contributed by atoms with van der Waals surface area (Å²) < 4.78 is 0.